The summed E-state index contributed by atoms with van der Waals surface area (Å²) < 4.78 is 0. The summed E-state index contributed by atoms with van der Waals surface area (Å²) >= 11 is 0. The van der Waals surface area contributed by atoms with Gasteiger partial charge in [0.25, 0.3) is 11.8 Å². The van der Waals surface area contributed by atoms with Crippen molar-refractivity contribution in [2.45, 2.75) is 12.1 Å². The van der Waals surface area contributed by atoms with Gasteiger partial charge in [-0.3, -0.25) is 14.4 Å². The number of aromatic amines is 1. The number of carboxylic acid groups (broad SMARTS) is 1. The number of aliphatic hydroxyl groups is 1. The van der Waals surface area contributed by atoms with Crippen molar-refractivity contribution in [3.63, 3.8) is 0 Å². The summed E-state index contributed by atoms with van der Waals surface area (Å²) in [5, 5.41) is 22.9. The maximum atomic E-state index is 12.9. The van der Waals surface area contributed by atoms with Crippen molar-refractivity contribution in [2.24, 2.45) is 0 Å². The lowest BCUT2D eigenvalue weighted by Gasteiger charge is -2.20. The maximum absolute atomic E-state index is 12.9. The molecule has 1 heterocycles. The molecule has 5 N–H and O–H groups in total. The number of amides is 2. The first-order valence-corrected chi connectivity index (χ1v) is 9.69. The molecule has 9 heteroatoms. The highest BCUT2D eigenvalue weighted by Crippen LogP contribution is 2.22. The highest BCUT2D eigenvalue weighted by molar-refractivity contribution is 5.96. The summed E-state index contributed by atoms with van der Waals surface area (Å²) in [5.41, 5.74) is 0.605. The van der Waals surface area contributed by atoms with E-state index < -0.39 is 41.9 Å². The molecule has 2 amide bonds. The monoisotopic (exact) mass is 435 g/mol. The number of aliphatic hydroxyl groups excluding tert-OH is 1. The molecule has 3 aromatic rings. The first kappa shape index (κ1) is 22.4. The zero-order valence-corrected chi connectivity index (χ0v) is 16.8. The van der Waals surface area contributed by atoms with Gasteiger partial charge in [0.15, 0.2) is 11.5 Å². The highest BCUT2D eigenvalue weighted by Gasteiger charge is 2.21. The van der Waals surface area contributed by atoms with Gasteiger partial charge in [-0.25, -0.2) is 4.79 Å². The molecule has 0 spiro atoms. The van der Waals surface area contributed by atoms with E-state index in [1.54, 1.807) is 0 Å². The Hall–Kier alpha value is -4.24. The highest BCUT2D eigenvalue weighted by atomic mass is 16.4. The van der Waals surface area contributed by atoms with Crippen LogP contribution >= 0.6 is 0 Å². The molecule has 0 radical (unpaired) electrons. The van der Waals surface area contributed by atoms with Gasteiger partial charge in [0.1, 0.15) is 11.3 Å². The lowest BCUT2D eigenvalue weighted by atomic mass is 9.98. The summed E-state index contributed by atoms with van der Waals surface area (Å²) in [6.45, 7) is -0.533. The van der Waals surface area contributed by atoms with E-state index in [4.69, 9.17) is 5.11 Å². The lowest BCUT2D eigenvalue weighted by Crippen LogP contribution is -2.37. The van der Waals surface area contributed by atoms with Crippen molar-refractivity contribution in [3.05, 3.63) is 106 Å². The predicted octanol–water partition coefficient (Wildman–Crippen LogP) is 1.07. The van der Waals surface area contributed by atoms with Crippen LogP contribution in [0.5, 0.6) is 0 Å². The second kappa shape index (κ2) is 10.2. The van der Waals surface area contributed by atoms with Crippen molar-refractivity contribution in [3.8, 4) is 0 Å². The Kier molecular flexibility index (Phi) is 7.14. The van der Waals surface area contributed by atoms with Gasteiger partial charge in [-0.05, 0) is 11.1 Å². The van der Waals surface area contributed by atoms with Crippen LogP contribution in [-0.2, 0) is 4.79 Å². The van der Waals surface area contributed by atoms with Crippen LogP contribution < -0.4 is 16.1 Å². The Balaban J connectivity index is 1.78. The number of carbonyl (C=O) groups is 3. The van der Waals surface area contributed by atoms with Gasteiger partial charge in [0.2, 0.25) is 0 Å². The molecule has 32 heavy (non-hydrogen) atoms. The number of hydrogen-bond donors (Lipinski definition) is 5. The van der Waals surface area contributed by atoms with E-state index in [0.29, 0.717) is 0 Å². The summed E-state index contributed by atoms with van der Waals surface area (Å²) in [6, 6.07) is 19.0. The number of H-pyrrole nitrogens is 1. The van der Waals surface area contributed by atoms with Crippen LogP contribution in [0.2, 0.25) is 0 Å². The average Bonchev–Trinajstić information content (AvgIpc) is 2.81. The third-order valence-electron chi connectivity index (χ3n) is 4.68. The predicted molar refractivity (Wildman–Crippen MR) is 115 cm³/mol. The van der Waals surface area contributed by atoms with E-state index >= 15 is 0 Å². The number of nitrogens with one attached hydrogen (secondary N) is 3. The molecule has 9 nitrogen and oxygen atoms in total. The Labute approximate surface area is 182 Å². The van der Waals surface area contributed by atoms with Crippen molar-refractivity contribution < 1.29 is 24.6 Å². The minimum Gasteiger partial charge on any atom is -0.479 e. The molecule has 1 unspecified atom stereocenters. The minimum atomic E-state index is -1.77. The van der Waals surface area contributed by atoms with E-state index in [-0.39, 0.29) is 11.3 Å². The number of carbonyl (C=O) groups excluding carboxylic acids is 2. The molecule has 164 valence electrons. The fourth-order valence-corrected chi connectivity index (χ4v) is 3.01. The first-order valence-electron chi connectivity index (χ1n) is 9.69. The molecule has 0 saturated heterocycles. The van der Waals surface area contributed by atoms with Crippen molar-refractivity contribution in [1.29, 1.82) is 0 Å². The fourth-order valence-electron chi connectivity index (χ4n) is 3.01. The van der Waals surface area contributed by atoms with Gasteiger partial charge in [0, 0.05) is 12.3 Å². The number of carboxylic acids is 1. The Morgan fingerprint density at radius 1 is 0.906 bits per heavy atom. The van der Waals surface area contributed by atoms with Crippen LogP contribution in [0, 0.1) is 0 Å². The third kappa shape index (κ3) is 5.46. The Bertz CT molecular complexity index is 1120. The molecule has 0 saturated carbocycles. The van der Waals surface area contributed by atoms with Gasteiger partial charge in [-0.15, -0.1) is 0 Å². The van der Waals surface area contributed by atoms with Gasteiger partial charge >= 0.3 is 5.97 Å². The molecular formula is C23H21N3O6. The Morgan fingerprint density at radius 3 is 1.97 bits per heavy atom. The minimum absolute atomic E-state index is 0.174. The fraction of sp³-hybridized carbons (Fsp3) is 0.130. The average molecular weight is 435 g/mol. The first-order chi connectivity index (χ1) is 15.4. The van der Waals surface area contributed by atoms with Crippen LogP contribution in [0.15, 0.2) is 77.7 Å². The topological polar surface area (TPSA) is 149 Å². The largest absolute Gasteiger partial charge is 0.479 e. The van der Waals surface area contributed by atoms with Crippen LogP contribution in [0.3, 0.4) is 0 Å². The van der Waals surface area contributed by atoms with Crippen molar-refractivity contribution in [1.82, 2.24) is 15.6 Å². The Morgan fingerprint density at radius 2 is 1.47 bits per heavy atom. The van der Waals surface area contributed by atoms with Crippen LogP contribution in [0.1, 0.15) is 38.0 Å². The second-order valence-electron chi connectivity index (χ2n) is 6.92. The molecule has 2 aromatic carbocycles. The number of aromatic nitrogens is 1. The molecule has 1 atom stereocenters. The van der Waals surface area contributed by atoms with Crippen LogP contribution in [0.4, 0.5) is 0 Å². The molecule has 0 fully saturated rings. The second-order valence-corrected chi connectivity index (χ2v) is 6.92. The van der Waals surface area contributed by atoms with Crippen molar-refractivity contribution in [2.75, 3.05) is 6.54 Å². The number of pyridine rings is 1. The van der Waals surface area contributed by atoms with Gasteiger partial charge in [-0.2, -0.15) is 0 Å². The standard InChI is InChI=1S/C23H21N3O6/c27-18-11-17(22(30)25-13-19(28)23(31)32)24-12-16(18)21(29)26-20(14-7-3-1-4-8-14)15-9-5-2-6-10-15/h1-12,19-20,28H,13H2,(H,24,27)(H,25,30)(H,26,29)(H,31,32). The quantitative estimate of drug-likeness (QED) is 0.357. The molecule has 0 aliphatic rings. The SMILES string of the molecule is O=C(NCC(O)C(=O)O)c1cc(=O)c(C(=O)NC(c2ccccc2)c2ccccc2)c[nH]1. The normalized spacial score (nSPS) is 11.6. The molecule has 0 bridgehead atoms. The lowest BCUT2D eigenvalue weighted by molar-refractivity contribution is -0.146. The van der Waals surface area contributed by atoms with E-state index in [1.165, 1.54) is 0 Å². The zero-order chi connectivity index (χ0) is 23.1. The van der Waals surface area contributed by atoms with E-state index in [9.17, 15) is 24.3 Å². The zero-order valence-electron chi connectivity index (χ0n) is 16.8. The number of benzene rings is 2. The van der Waals surface area contributed by atoms with E-state index in [2.05, 4.69) is 15.6 Å². The molecule has 0 aliphatic heterocycles. The van der Waals surface area contributed by atoms with Crippen LogP contribution in [0.25, 0.3) is 0 Å². The number of aliphatic carboxylic acids is 1. The number of rotatable bonds is 8. The molecular weight excluding hydrogens is 414 g/mol. The molecule has 3 rings (SSSR count). The van der Waals surface area contributed by atoms with E-state index in [0.717, 1.165) is 23.4 Å². The van der Waals surface area contributed by atoms with Gasteiger partial charge < -0.3 is 25.8 Å². The van der Waals surface area contributed by atoms with Crippen LogP contribution in [-0.4, -0.2) is 45.6 Å². The summed E-state index contributed by atoms with van der Waals surface area (Å²) in [5.74, 6) is -2.91. The van der Waals surface area contributed by atoms with Crippen molar-refractivity contribution >= 4 is 17.8 Å². The maximum Gasteiger partial charge on any atom is 0.334 e. The smallest absolute Gasteiger partial charge is 0.334 e. The summed E-state index contributed by atoms with van der Waals surface area (Å²) in [6.07, 6.45) is -0.656. The van der Waals surface area contributed by atoms with Gasteiger partial charge in [-0.1, -0.05) is 60.7 Å². The number of hydrogen-bond acceptors (Lipinski definition) is 5. The summed E-state index contributed by atoms with van der Waals surface area (Å²) in [7, 11) is 0. The molecule has 0 aliphatic carbocycles. The third-order valence-corrected chi connectivity index (χ3v) is 4.68. The summed E-state index contributed by atoms with van der Waals surface area (Å²) in [4.78, 5) is 50.6. The van der Waals surface area contributed by atoms with Gasteiger partial charge in [0.05, 0.1) is 12.6 Å². The van der Waals surface area contributed by atoms with E-state index in [1.807, 2.05) is 60.7 Å². The molecule has 1 aromatic heterocycles.